The van der Waals surface area contributed by atoms with Crippen LogP contribution >= 0.6 is 0 Å². The van der Waals surface area contributed by atoms with Gasteiger partial charge in [0.1, 0.15) is 12.5 Å². The Morgan fingerprint density at radius 1 is 0.964 bits per heavy atom. The van der Waals surface area contributed by atoms with Crippen molar-refractivity contribution in [2.45, 2.75) is 98.0 Å². The quantitative estimate of drug-likeness (QED) is 0.486. The molecular weight excluding hydrogens is 352 g/mol. The molecule has 0 saturated heterocycles. The summed E-state index contributed by atoms with van der Waals surface area (Å²) in [4.78, 5) is 23.8. The van der Waals surface area contributed by atoms with Gasteiger partial charge in [0.25, 0.3) is 0 Å². The highest BCUT2D eigenvalue weighted by atomic mass is 16.6. The second kappa shape index (κ2) is 6.47. The number of carbonyl (C=O) groups is 2. The number of methoxy groups -OCH3 is 1. The maximum Gasteiger partial charge on any atom is 0.317 e. The van der Waals surface area contributed by atoms with Gasteiger partial charge in [-0.05, 0) is 79.4 Å². The van der Waals surface area contributed by atoms with Crippen molar-refractivity contribution in [1.29, 1.82) is 0 Å². The monoisotopic (exact) mass is 390 g/mol. The Labute approximate surface area is 170 Å². The molecule has 0 heterocycles. The normalized spacial score (nSPS) is 46.2. The predicted molar refractivity (Wildman–Crippen MR) is 107 cm³/mol. The van der Waals surface area contributed by atoms with Gasteiger partial charge in [-0.15, -0.1) is 0 Å². The van der Waals surface area contributed by atoms with Crippen LogP contribution in [0.25, 0.3) is 0 Å². The lowest BCUT2D eigenvalue weighted by Crippen LogP contribution is -2.60. The first kappa shape index (κ1) is 20.2. The zero-order chi connectivity index (χ0) is 20.4. The average molecular weight is 391 g/mol. The molecule has 0 aromatic carbocycles. The van der Waals surface area contributed by atoms with Crippen molar-refractivity contribution in [3.05, 3.63) is 0 Å². The molecule has 4 fully saturated rings. The van der Waals surface area contributed by atoms with Crippen LogP contribution in [0.3, 0.4) is 0 Å². The molecule has 4 rings (SSSR count). The maximum atomic E-state index is 12.3. The minimum absolute atomic E-state index is 0.0504. The molecule has 0 amide bonds. The largest absolute Gasteiger partial charge is 0.469 e. The van der Waals surface area contributed by atoms with Crippen LogP contribution in [-0.4, -0.2) is 25.2 Å². The Morgan fingerprint density at radius 2 is 1.71 bits per heavy atom. The van der Waals surface area contributed by atoms with E-state index in [0.717, 1.165) is 18.8 Å². The molecule has 4 nitrogen and oxygen atoms in total. The van der Waals surface area contributed by atoms with E-state index in [2.05, 4.69) is 32.4 Å². The third-order valence-electron chi connectivity index (χ3n) is 9.88. The molecule has 0 radical (unpaired) electrons. The van der Waals surface area contributed by atoms with Crippen LogP contribution in [0.15, 0.2) is 0 Å². The van der Waals surface area contributed by atoms with E-state index in [9.17, 15) is 9.59 Å². The summed E-state index contributed by atoms with van der Waals surface area (Å²) in [6, 6.07) is 0. The lowest BCUT2D eigenvalue weighted by molar-refractivity contribution is -0.199. The minimum atomic E-state index is -0.510. The van der Waals surface area contributed by atoms with Crippen molar-refractivity contribution < 1.29 is 19.1 Å². The molecule has 0 aromatic rings. The van der Waals surface area contributed by atoms with Gasteiger partial charge in [0, 0.05) is 5.41 Å². The second-order valence-electron chi connectivity index (χ2n) is 11.5. The lowest BCUT2D eigenvalue weighted by Gasteiger charge is -2.67. The number of carbonyl (C=O) groups excluding carboxylic acids is 2. The van der Waals surface area contributed by atoms with Crippen LogP contribution < -0.4 is 0 Å². The van der Waals surface area contributed by atoms with Gasteiger partial charge < -0.3 is 9.47 Å². The molecule has 6 atom stereocenters. The zero-order valence-electron chi connectivity index (χ0n) is 18.4. The van der Waals surface area contributed by atoms with E-state index in [-0.39, 0.29) is 17.9 Å². The Kier molecular flexibility index (Phi) is 4.67. The van der Waals surface area contributed by atoms with Gasteiger partial charge in [0.15, 0.2) is 0 Å². The molecule has 4 heteroatoms. The summed E-state index contributed by atoms with van der Waals surface area (Å²) in [6.45, 7) is 9.94. The molecule has 2 bridgehead atoms. The van der Waals surface area contributed by atoms with Crippen LogP contribution in [0, 0.1) is 33.5 Å². The van der Waals surface area contributed by atoms with E-state index in [1.807, 2.05) is 0 Å². The number of rotatable bonds is 3. The predicted octanol–water partition coefficient (Wildman–Crippen LogP) is 5.28. The molecule has 1 unspecified atom stereocenters. The number of hydrogen-bond donors (Lipinski definition) is 0. The number of ether oxygens (including phenoxy) is 2. The number of hydrogen-bond acceptors (Lipinski definition) is 4. The zero-order valence-corrected chi connectivity index (χ0v) is 18.4. The molecule has 4 aliphatic rings. The topological polar surface area (TPSA) is 52.6 Å². The fourth-order valence-corrected chi connectivity index (χ4v) is 8.52. The summed E-state index contributed by atoms with van der Waals surface area (Å²) in [5.74, 6) is 0.528. The van der Waals surface area contributed by atoms with Crippen LogP contribution in [0.4, 0.5) is 0 Å². The first-order valence-corrected chi connectivity index (χ1v) is 11.3. The highest BCUT2D eigenvalue weighted by Crippen LogP contribution is 2.76. The summed E-state index contributed by atoms with van der Waals surface area (Å²) in [5, 5.41) is 0. The third kappa shape index (κ3) is 2.76. The number of esters is 2. The first-order valence-electron chi connectivity index (χ1n) is 11.3. The first-order chi connectivity index (χ1) is 13.1. The van der Waals surface area contributed by atoms with Crippen molar-refractivity contribution in [3.8, 4) is 0 Å². The van der Waals surface area contributed by atoms with Crippen molar-refractivity contribution in [3.63, 3.8) is 0 Å². The average Bonchev–Trinajstić information content (AvgIpc) is 2.92. The van der Waals surface area contributed by atoms with Gasteiger partial charge in [0.05, 0.1) is 7.11 Å². The van der Waals surface area contributed by atoms with Gasteiger partial charge in [0.2, 0.25) is 0 Å². The standard InChI is InChI=1S/C24H38O4/c1-21(2)9-6-10-23(4)17(21)8-7-16-13-18(28-20(26)14-19(25)27-5)22(3)11-12-24(16,23)15-22/h16-18H,6-15H2,1-5H3/t16-,17-,18+,22?,23-,24-/m0/s1. The van der Waals surface area contributed by atoms with E-state index in [1.54, 1.807) is 0 Å². The fourth-order valence-electron chi connectivity index (χ4n) is 8.52. The molecule has 158 valence electrons. The Balaban J connectivity index is 1.59. The highest BCUT2D eigenvalue weighted by molar-refractivity contribution is 5.91. The molecular formula is C24H38O4. The van der Waals surface area contributed by atoms with Crippen molar-refractivity contribution in [1.82, 2.24) is 0 Å². The Hall–Kier alpha value is -1.06. The number of fused-ring (bicyclic) bond motifs is 2. The molecule has 1 spiro atoms. The SMILES string of the molecule is COC(=O)CC(=O)O[C@@H]1C[C@@H]2CC[C@H]3C(C)(C)CCC[C@]3(C)[C@]23CCC1(C)C3. The van der Waals surface area contributed by atoms with Crippen molar-refractivity contribution >= 4 is 11.9 Å². The van der Waals surface area contributed by atoms with Crippen LogP contribution in [0.2, 0.25) is 0 Å². The molecule has 0 aromatic heterocycles. The molecule has 4 aliphatic carbocycles. The van der Waals surface area contributed by atoms with E-state index in [4.69, 9.17) is 4.74 Å². The summed E-state index contributed by atoms with van der Waals surface area (Å²) in [7, 11) is 1.31. The molecule has 0 aliphatic heterocycles. The maximum absolute atomic E-state index is 12.3. The van der Waals surface area contributed by atoms with Crippen LogP contribution in [0.1, 0.15) is 91.9 Å². The smallest absolute Gasteiger partial charge is 0.317 e. The summed E-state index contributed by atoms with van der Waals surface area (Å²) < 4.78 is 10.5. The van der Waals surface area contributed by atoms with E-state index in [0.29, 0.717) is 22.2 Å². The van der Waals surface area contributed by atoms with E-state index in [1.165, 1.54) is 52.1 Å². The lowest BCUT2D eigenvalue weighted by atomic mass is 9.38. The van der Waals surface area contributed by atoms with Gasteiger partial charge in [-0.1, -0.05) is 34.1 Å². The second-order valence-corrected chi connectivity index (χ2v) is 11.5. The van der Waals surface area contributed by atoms with Gasteiger partial charge in [-0.3, -0.25) is 9.59 Å². The molecule has 4 saturated carbocycles. The van der Waals surface area contributed by atoms with E-state index < -0.39 is 11.9 Å². The van der Waals surface area contributed by atoms with Gasteiger partial charge in [-0.2, -0.15) is 0 Å². The highest BCUT2D eigenvalue weighted by Gasteiger charge is 2.69. The Morgan fingerprint density at radius 3 is 2.43 bits per heavy atom. The molecule has 28 heavy (non-hydrogen) atoms. The summed E-state index contributed by atoms with van der Waals surface area (Å²) >= 11 is 0. The fraction of sp³-hybridized carbons (Fsp3) is 0.917. The molecule has 0 N–H and O–H groups in total. The summed E-state index contributed by atoms with van der Waals surface area (Å²) in [5.41, 5.74) is 1.31. The van der Waals surface area contributed by atoms with Crippen molar-refractivity contribution in [2.24, 2.45) is 33.5 Å². The Bertz CT molecular complexity index is 670. The van der Waals surface area contributed by atoms with Crippen molar-refractivity contribution in [2.75, 3.05) is 7.11 Å². The minimum Gasteiger partial charge on any atom is -0.469 e. The van der Waals surface area contributed by atoms with Gasteiger partial charge in [-0.25, -0.2) is 0 Å². The third-order valence-corrected chi connectivity index (χ3v) is 9.88. The van der Waals surface area contributed by atoms with Gasteiger partial charge >= 0.3 is 11.9 Å². The van der Waals surface area contributed by atoms with Crippen LogP contribution in [0.5, 0.6) is 0 Å². The summed E-state index contributed by atoms with van der Waals surface area (Å²) in [6.07, 6.45) is 10.9. The van der Waals surface area contributed by atoms with E-state index >= 15 is 0 Å². The van der Waals surface area contributed by atoms with Crippen LogP contribution in [-0.2, 0) is 19.1 Å².